The average molecular weight is 379 g/mol. The number of aryl methyl sites for hydroxylation is 2. The van der Waals surface area contributed by atoms with Crippen LogP contribution in [0.2, 0.25) is 5.02 Å². The van der Waals surface area contributed by atoms with E-state index in [-0.39, 0.29) is 5.91 Å². The Labute approximate surface area is 162 Å². The Bertz CT molecular complexity index is 1170. The summed E-state index contributed by atoms with van der Waals surface area (Å²) in [6, 6.07) is 15.0. The highest BCUT2D eigenvalue weighted by Crippen LogP contribution is 2.27. The lowest BCUT2D eigenvalue weighted by Gasteiger charge is -2.04. The van der Waals surface area contributed by atoms with Gasteiger partial charge in [0.15, 0.2) is 11.5 Å². The van der Waals surface area contributed by atoms with Crippen molar-refractivity contribution < 1.29 is 4.79 Å². The van der Waals surface area contributed by atoms with E-state index >= 15 is 0 Å². The van der Waals surface area contributed by atoms with Gasteiger partial charge in [0.05, 0.1) is 10.9 Å². The summed E-state index contributed by atoms with van der Waals surface area (Å²) < 4.78 is 1.85. The number of fused-ring (bicyclic) bond motifs is 2. The van der Waals surface area contributed by atoms with Crippen molar-refractivity contribution in [3.05, 3.63) is 64.7 Å². The van der Waals surface area contributed by atoms with Crippen molar-refractivity contribution in [2.24, 2.45) is 0 Å². The molecule has 0 saturated carbocycles. The maximum atomic E-state index is 12.7. The third-order valence-corrected chi connectivity index (χ3v) is 4.66. The molecule has 6 heteroatoms. The number of amides is 1. The highest BCUT2D eigenvalue weighted by atomic mass is 35.5. The summed E-state index contributed by atoms with van der Waals surface area (Å²) in [5.74, 6) is 0.268. The van der Waals surface area contributed by atoms with Crippen LogP contribution >= 0.6 is 11.6 Å². The van der Waals surface area contributed by atoms with Crippen LogP contribution in [0.15, 0.2) is 48.5 Å². The lowest BCUT2D eigenvalue weighted by Crippen LogP contribution is -2.12. The minimum absolute atomic E-state index is 0.245. The molecule has 0 aliphatic rings. The molecule has 0 aliphatic heterocycles. The number of nitrogens with zero attached hydrogens (tertiary/aromatic N) is 3. The van der Waals surface area contributed by atoms with Gasteiger partial charge in [-0.3, -0.25) is 4.79 Å². The second-order valence-electron chi connectivity index (χ2n) is 6.59. The first-order valence-electron chi connectivity index (χ1n) is 8.90. The van der Waals surface area contributed by atoms with Crippen LogP contribution in [0.5, 0.6) is 0 Å². The van der Waals surface area contributed by atoms with Crippen LogP contribution in [0, 0.1) is 6.92 Å². The number of rotatable bonds is 4. The Kier molecular flexibility index (Phi) is 4.54. The summed E-state index contributed by atoms with van der Waals surface area (Å²) in [5.41, 5.74) is 3.34. The molecule has 2 aromatic carbocycles. The van der Waals surface area contributed by atoms with Gasteiger partial charge in [-0.25, -0.2) is 9.67 Å². The van der Waals surface area contributed by atoms with Crippen LogP contribution in [0.3, 0.4) is 0 Å². The SMILES string of the molecule is CCCn1nc(NC(=O)c2cccc(Cl)c2)c2cc3cc(C)ccc3nc21. The summed E-state index contributed by atoms with van der Waals surface area (Å²) in [6.45, 7) is 4.86. The molecule has 27 heavy (non-hydrogen) atoms. The molecule has 0 aliphatic carbocycles. The number of nitrogens with one attached hydrogen (secondary N) is 1. The Hall–Kier alpha value is -2.92. The predicted molar refractivity (Wildman–Crippen MR) is 109 cm³/mol. The highest BCUT2D eigenvalue weighted by Gasteiger charge is 2.16. The first-order chi connectivity index (χ1) is 13.0. The van der Waals surface area contributed by atoms with Gasteiger partial charge in [0.2, 0.25) is 0 Å². The smallest absolute Gasteiger partial charge is 0.256 e. The Morgan fingerprint density at radius 3 is 2.81 bits per heavy atom. The molecule has 0 saturated heterocycles. The second-order valence-corrected chi connectivity index (χ2v) is 7.03. The zero-order valence-electron chi connectivity index (χ0n) is 15.2. The van der Waals surface area contributed by atoms with Crippen LogP contribution < -0.4 is 5.32 Å². The molecule has 2 aromatic heterocycles. The fraction of sp³-hybridized carbons (Fsp3) is 0.190. The third kappa shape index (κ3) is 3.38. The normalized spacial score (nSPS) is 11.2. The van der Waals surface area contributed by atoms with Crippen LogP contribution in [0.4, 0.5) is 5.82 Å². The molecule has 1 amide bonds. The molecule has 1 N–H and O–H groups in total. The van der Waals surface area contributed by atoms with Crippen molar-refractivity contribution in [2.75, 3.05) is 5.32 Å². The minimum Gasteiger partial charge on any atom is -0.305 e. The van der Waals surface area contributed by atoms with Gasteiger partial charge in [0.25, 0.3) is 5.91 Å². The van der Waals surface area contributed by atoms with Gasteiger partial charge in [0, 0.05) is 22.5 Å². The molecule has 0 unspecified atom stereocenters. The topological polar surface area (TPSA) is 59.8 Å². The average Bonchev–Trinajstić information content (AvgIpc) is 2.97. The maximum absolute atomic E-state index is 12.7. The van der Waals surface area contributed by atoms with Crippen molar-refractivity contribution in [3.8, 4) is 0 Å². The fourth-order valence-electron chi connectivity index (χ4n) is 3.15. The minimum atomic E-state index is -0.245. The Balaban J connectivity index is 1.82. The number of anilines is 1. The van der Waals surface area contributed by atoms with Crippen LogP contribution in [-0.2, 0) is 6.54 Å². The Morgan fingerprint density at radius 2 is 2.04 bits per heavy atom. The lowest BCUT2D eigenvalue weighted by atomic mass is 10.1. The zero-order chi connectivity index (χ0) is 19.0. The van der Waals surface area contributed by atoms with Crippen molar-refractivity contribution in [1.82, 2.24) is 14.8 Å². The van der Waals surface area contributed by atoms with Gasteiger partial charge in [0.1, 0.15) is 0 Å². The molecule has 5 nitrogen and oxygen atoms in total. The molecular formula is C21H19ClN4O. The largest absolute Gasteiger partial charge is 0.305 e. The van der Waals surface area contributed by atoms with Gasteiger partial charge >= 0.3 is 0 Å². The van der Waals surface area contributed by atoms with Gasteiger partial charge in [-0.05, 0) is 49.7 Å². The van der Waals surface area contributed by atoms with Gasteiger partial charge in [-0.1, -0.05) is 36.2 Å². The molecule has 0 spiro atoms. The van der Waals surface area contributed by atoms with E-state index in [9.17, 15) is 4.79 Å². The number of pyridine rings is 1. The predicted octanol–water partition coefficient (Wildman–Crippen LogP) is 5.21. The molecule has 2 heterocycles. The van der Waals surface area contributed by atoms with E-state index in [0.717, 1.165) is 40.5 Å². The van der Waals surface area contributed by atoms with Gasteiger partial charge in [-0.2, -0.15) is 5.10 Å². The van der Waals surface area contributed by atoms with Crippen LogP contribution in [-0.4, -0.2) is 20.7 Å². The number of carbonyl (C=O) groups excluding carboxylic acids is 1. The number of halogens is 1. The summed E-state index contributed by atoms with van der Waals surface area (Å²) in [5, 5.41) is 9.89. The number of hydrogen-bond acceptors (Lipinski definition) is 3. The standard InChI is InChI=1S/C21H19ClN4O/c1-3-9-26-20-17(12-15-10-13(2)7-8-18(15)23-20)19(25-26)24-21(27)14-5-4-6-16(22)11-14/h4-8,10-12H,3,9H2,1-2H3,(H,24,25,27). The summed E-state index contributed by atoms with van der Waals surface area (Å²) in [6.07, 6.45) is 0.923. The van der Waals surface area contributed by atoms with Gasteiger partial charge in [-0.15, -0.1) is 0 Å². The van der Waals surface area contributed by atoms with Gasteiger partial charge < -0.3 is 5.32 Å². The molecule has 136 valence electrons. The van der Waals surface area contributed by atoms with E-state index in [2.05, 4.69) is 23.4 Å². The molecule has 0 bridgehead atoms. The first-order valence-corrected chi connectivity index (χ1v) is 9.28. The van der Waals surface area contributed by atoms with E-state index < -0.39 is 0 Å². The number of carbonyl (C=O) groups is 1. The van der Waals surface area contributed by atoms with Crippen LogP contribution in [0.25, 0.3) is 21.9 Å². The molecule has 0 radical (unpaired) electrons. The van der Waals surface area contributed by atoms with E-state index in [4.69, 9.17) is 16.6 Å². The molecule has 0 fully saturated rings. The number of aromatic nitrogens is 3. The van der Waals surface area contributed by atoms with Crippen LogP contribution in [0.1, 0.15) is 29.3 Å². The van der Waals surface area contributed by atoms with Crippen molar-refractivity contribution in [1.29, 1.82) is 0 Å². The van der Waals surface area contributed by atoms with E-state index in [0.29, 0.717) is 16.4 Å². The molecule has 4 aromatic rings. The van der Waals surface area contributed by atoms with Crippen molar-refractivity contribution >= 4 is 45.3 Å². The third-order valence-electron chi connectivity index (χ3n) is 4.42. The fourth-order valence-corrected chi connectivity index (χ4v) is 3.34. The summed E-state index contributed by atoms with van der Waals surface area (Å²) in [7, 11) is 0. The van der Waals surface area contributed by atoms with Crippen molar-refractivity contribution in [3.63, 3.8) is 0 Å². The molecule has 4 rings (SSSR count). The second kappa shape index (κ2) is 7.00. The number of benzene rings is 2. The highest BCUT2D eigenvalue weighted by molar-refractivity contribution is 6.31. The monoisotopic (exact) mass is 378 g/mol. The first kappa shape index (κ1) is 17.5. The molecular weight excluding hydrogens is 360 g/mol. The number of hydrogen-bond donors (Lipinski definition) is 1. The Morgan fingerprint density at radius 1 is 1.19 bits per heavy atom. The maximum Gasteiger partial charge on any atom is 0.256 e. The van der Waals surface area contributed by atoms with E-state index in [1.54, 1.807) is 24.3 Å². The van der Waals surface area contributed by atoms with E-state index in [1.165, 1.54) is 0 Å². The van der Waals surface area contributed by atoms with Crippen molar-refractivity contribution in [2.45, 2.75) is 26.8 Å². The zero-order valence-corrected chi connectivity index (χ0v) is 15.9. The summed E-state index contributed by atoms with van der Waals surface area (Å²) in [4.78, 5) is 17.4. The molecule has 0 atom stereocenters. The van der Waals surface area contributed by atoms with E-state index in [1.807, 2.05) is 29.8 Å². The quantitative estimate of drug-likeness (QED) is 0.530. The summed E-state index contributed by atoms with van der Waals surface area (Å²) >= 11 is 6.00. The lowest BCUT2D eigenvalue weighted by molar-refractivity contribution is 0.102.